The van der Waals surface area contributed by atoms with E-state index in [-0.39, 0.29) is 44.3 Å². The van der Waals surface area contributed by atoms with Crippen molar-refractivity contribution in [1.82, 2.24) is 0 Å². The van der Waals surface area contributed by atoms with E-state index in [1.165, 1.54) is 10.5 Å². The van der Waals surface area contributed by atoms with Gasteiger partial charge in [0.1, 0.15) is 11.5 Å². The van der Waals surface area contributed by atoms with E-state index in [1.54, 1.807) is 11.8 Å². The predicted octanol–water partition coefficient (Wildman–Crippen LogP) is -1.05. The second kappa shape index (κ2) is 12.9. The summed E-state index contributed by atoms with van der Waals surface area (Å²) in [6, 6.07) is 14.5. The Labute approximate surface area is 168 Å². The van der Waals surface area contributed by atoms with Crippen molar-refractivity contribution in [3.05, 3.63) is 48.0 Å². The van der Waals surface area contributed by atoms with Gasteiger partial charge in [0.25, 0.3) is 0 Å². The molecule has 0 bridgehead atoms. The van der Waals surface area contributed by atoms with Gasteiger partial charge in [-0.2, -0.15) is 0 Å². The van der Waals surface area contributed by atoms with E-state index in [0.717, 1.165) is 16.4 Å². The van der Waals surface area contributed by atoms with Gasteiger partial charge in [-0.05, 0) is 51.1 Å². The van der Waals surface area contributed by atoms with E-state index >= 15 is 0 Å². The van der Waals surface area contributed by atoms with Crippen LogP contribution in [0.3, 0.4) is 0 Å². The minimum absolute atomic E-state index is 0. The van der Waals surface area contributed by atoms with Crippen LogP contribution >= 0.6 is 11.8 Å². The van der Waals surface area contributed by atoms with E-state index in [2.05, 4.69) is 31.2 Å². The zero-order valence-corrected chi connectivity index (χ0v) is 18.9. The van der Waals surface area contributed by atoms with E-state index in [0.29, 0.717) is 13.2 Å². The van der Waals surface area contributed by atoms with Crippen molar-refractivity contribution in [3.63, 3.8) is 0 Å². The molecule has 0 radical (unpaired) electrons. The molecule has 0 aliphatic rings. The number of halogens is 2. The maximum Gasteiger partial charge on any atom is 2.00 e. The van der Waals surface area contributed by atoms with Gasteiger partial charge in [0, 0.05) is 4.90 Å². The van der Waals surface area contributed by atoms with Gasteiger partial charge in [-0.1, -0.05) is 29.5 Å². The number of rotatable bonds is 6. The molecule has 0 atom stereocenters. The van der Waals surface area contributed by atoms with Crippen LogP contribution in [0.2, 0.25) is 0 Å². The smallest absolute Gasteiger partial charge is 1.00 e. The Morgan fingerprint density at radius 2 is 1.48 bits per heavy atom. The van der Waals surface area contributed by atoms with E-state index in [9.17, 15) is 0 Å². The summed E-state index contributed by atoms with van der Waals surface area (Å²) in [4.78, 5) is 2.28. The number of aryl methyl sites for hydroxylation is 1. The monoisotopic (exact) mass is 422 g/mol. The van der Waals surface area contributed by atoms with Crippen LogP contribution < -0.4 is 34.3 Å². The van der Waals surface area contributed by atoms with Crippen molar-refractivity contribution < 1.29 is 53.8 Å². The molecule has 0 fully saturated rings. The van der Waals surface area contributed by atoms with Crippen molar-refractivity contribution in [2.75, 3.05) is 13.2 Å². The number of hydrogen-bond donors (Lipinski definition) is 0. The van der Waals surface area contributed by atoms with Crippen molar-refractivity contribution in [2.45, 2.75) is 30.6 Å². The molecule has 0 saturated carbocycles. The molecule has 0 aliphatic heterocycles. The third-order valence-electron chi connectivity index (χ3n) is 2.77. The van der Waals surface area contributed by atoms with Crippen LogP contribution in [0.4, 0.5) is 0 Å². The second-order valence-corrected chi connectivity index (χ2v) is 5.51. The third-order valence-corrected chi connectivity index (χ3v) is 3.82. The Morgan fingerprint density at radius 3 is 2.04 bits per heavy atom. The quantitative estimate of drug-likeness (QED) is 0.552. The standard InChI is InChI=1S/C17H20O2S.2ClH.Zn/c1-4-18-14-8-11-16(19-5-2)17(12-14)20-15-9-6-13(3)7-10-15;;;/h6-12H,4-5H2,1-3H3;2*1H;/q;;;+2/p-2. The molecule has 0 saturated heterocycles. The summed E-state index contributed by atoms with van der Waals surface area (Å²) in [6.45, 7) is 7.41. The fourth-order valence-corrected chi connectivity index (χ4v) is 2.76. The fraction of sp³-hybridized carbons (Fsp3) is 0.294. The average Bonchev–Trinajstić information content (AvgIpc) is 2.45. The Balaban J connectivity index is 0. The zero-order chi connectivity index (χ0) is 14.4. The van der Waals surface area contributed by atoms with Gasteiger partial charge in [-0.25, -0.2) is 0 Å². The van der Waals surface area contributed by atoms with Crippen molar-refractivity contribution in [3.8, 4) is 11.5 Å². The summed E-state index contributed by atoms with van der Waals surface area (Å²) in [5.41, 5.74) is 1.27. The molecule has 2 nitrogen and oxygen atoms in total. The van der Waals surface area contributed by atoms with Gasteiger partial charge in [-0.3, -0.25) is 0 Å². The first-order valence-corrected chi connectivity index (χ1v) is 7.68. The van der Waals surface area contributed by atoms with Gasteiger partial charge >= 0.3 is 19.5 Å². The molecule has 0 N–H and O–H groups in total. The topological polar surface area (TPSA) is 18.5 Å². The van der Waals surface area contributed by atoms with Gasteiger partial charge in [0.15, 0.2) is 0 Å². The Kier molecular flexibility index (Phi) is 14.0. The van der Waals surface area contributed by atoms with Gasteiger partial charge in [0.05, 0.1) is 18.1 Å². The normalized spacial score (nSPS) is 9.00. The van der Waals surface area contributed by atoms with Gasteiger partial charge in [0.2, 0.25) is 0 Å². The first-order valence-electron chi connectivity index (χ1n) is 6.87. The predicted molar refractivity (Wildman–Crippen MR) is 84.1 cm³/mol. The minimum atomic E-state index is 0. The summed E-state index contributed by atoms with van der Waals surface area (Å²) in [6.07, 6.45) is 0. The van der Waals surface area contributed by atoms with Crippen molar-refractivity contribution in [1.29, 1.82) is 0 Å². The maximum absolute atomic E-state index is 5.69. The summed E-state index contributed by atoms with van der Waals surface area (Å²) in [5.74, 6) is 1.78. The molecule has 0 spiro atoms. The molecule has 0 unspecified atom stereocenters. The third kappa shape index (κ3) is 7.80. The SMILES string of the molecule is CCOc1ccc(OCC)c(Sc2ccc(C)cc2)c1.[Cl-].[Cl-].[Zn+2]. The second-order valence-electron chi connectivity index (χ2n) is 4.39. The molecule has 0 amide bonds. The molecular formula is C17H20Cl2O2SZn. The van der Waals surface area contributed by atoms with Crippen molar-refractivity contribution >= 4 is 11.8 Å². The zero-order valence-electron chi connectivity index (χ0n) is 13.6. The molecule has 2 aromatic rings. The van der Waals surface area contributed by atoms with Crippen LogP contribution in [0.15, 0.2) is 52.3 Å². The van der Waals surface area contributed by atoms with Crippen molar-refractivity contribution in [2.24, 2.45) is 0 Å². The molecule has 0 heterocycles. The van der Waals surface area contributed by atoms with Crippen LogP contribution in [0.1, 0.15) is 19.4 Å². The molecule has 2 aromatic carbocycles. The van der Waals surface area contributed by atoms with Gasteiger partial charge in [-0.15, -0.1) is 0 Å². The number of ether oxygens (including phenoxy) is 2. The van der Waals surface area contributed by atoms with Crippen LogP contribution in [0.25, 0.3) is 0 Å². The Morgan fingerprint density at radius 1 is 0.870 bits per heavy atom. The van der Waals surface area contributed by atoms with Gasteiger partial charge < -0.3 is 34.3 Å². The summed E-state index contributed by atoms with van der Waals surface area (Å²) >= 11 is 1.70. The molecular weight excluding hydrogens is 405 g/mol. The molecule has 0 aromatic heterocycles. The molecule has 2 rings (SSSR count). The van der Waals surface area contributed by atoms with E-state index in [4.69, 9.17) is 9.47 Å². The first-order chi connectivity index (χ1) is 9.72. The molecule has 6 heteroatoms. The minimum Gasteiger partial charge on any atom is -1.00 e. The van der Waals surface area contributed by atoms with Crippen LogP contribution in [-0.2, 0) is 19.5 Å². The number of benzene rings is 2. The summed E-state index contributed by atoms with van der Waals surface area (Å²) in [5, 5.41) is 0. The fourth-order valence-electron chi connectivity index (χ4n) is 1.83. The summed E-state index contributed by atoms with van der Waals surface area (Å²) in [7, 11) is 0. The Hall–Kier alpha value is -0.407. The van der Waals surface area contributed by atoms with Crippen LogP contribution in [-0.4, -0.2) is 13.2 Å². The summed E-state index contributed by atoms with van der Waals surface area (Å²) < 4.78 is 11.3. The maximum atomic E-state index is 5.69. The first kappa shape index (κ1) is 24.8. The largest absolute Gasteiger partial charge is 2.00 e. The van der Waals surface area contributed by atoms with Crippen LogP contribution in [0, 0.1) is 6.92 Å². The molecule has 0 aliphatic carbocycles. The Bertz CT molecular complexity index is 565. The molecule has 122 valence electrons. The van der Waals surface area contributed by atoms with E-state index in [1.807, 2.05) is 32.0 Å². The van der Waals surface area contributed by atoms with Crippen LogP contribution in [0.5, 0.6) is 11.5 Å². The number of hydrogen-bond acceptors (Lipinski definition) is 3. The molecule has 23 heavy (non-hydrogen) atoms. The van der Waals surface area contributed by atoms with E-state index < -0.39 is 0 Å². The average molecular weight is 425 g/mol.